The number of aromatic nitrogens is 1. The van der Waals surface area contributed by atoms with E-state index in [1.807, 2.05) is 38.7 Å². The zero-order valence-corrected chi connectivity index (χ0v) is 13.9. The monoisotopic (exact) mass is 310 g/mol. The molecule has 0 radical (unpaired) electrons. The fourth-order valence-corrected chi connectivity index (χ4v) is 2.68. The van der Waals surface area contributed by atoms with Gasteiger partial charge in [0.15, 0.2) is 0 Å². The van der Waals surface area contributed by atoms with E-state index in [9.17, 15) is 4.79 Å². The van der Waals surface area contributed by atoms with E-state index in [1.165, 1.54) is 0 Å². The molecular weight excluding hydrogens is 288 g/mol. The van der Waals surface area contributed by atoms with Crippen molar-refractivity contribution in [1.82, 2.24) is 9.88 Å². The number of hydrogen-bond donors (Lipinski definition) is 0. The molecule has 1 aromatic heterocycles. The number of likely N-dealkylation sites (tertiary alicyclic amines) is 1. The van der Waals surface area contributed by atoms with E-state index >= 15 is 0 Å². The van der Waals surface area contributed by atoms with Crippen molar-refractivity contribution in [2.45, 2.75) is 58.6 Å². The maximum atomic E-state index is 12.4. The summed E-state index contributed by atoms with van der Waals surface area (Å²) in [7, 11) is 0. The van der Waals surface area contributed by atoms with E-state index in [4.69, 9.17) is 16.3 Å². The lowest BCUT2D eigenvalue weighted by atomic mass is 9.96. The summed E-state index contributed by atoms with van der Waals surface area (Å²) in [4.78, 5) is 18.4. The molecule has 4 nitrogen and oxygen atoms in total. The molecule has 1 saturated heterocycles. The highest BCUT2D eigenvalue weighted by Crippen LogP contribution is 2.32. The zero-order valence-electron chi connectivity index (χ0n) is 13.1. The molecule has 1 aromatic rings. The fourth-order valence-electron chi connectivity index (χ4n) is 2.58. The van der Waals surface area contributed by atoms with E-state index in [-0.39, 0.29) is 12.1 Å². The van der Waals surface area contributed by atoms with E-state index in [2.05, 4.69) is 4.98 Å². The van der Waals surface area contributed by atoms with Crippen LogP contribution in [0.1, 0.15) is 57.2 Å². The molecular formula is C16H23ClN2O2. The number of piperidine rings is 1. The second-order valence-corrected chi connectivity index (χ2v) is 6.92. The summed E-state index contributed by atoms with van der Waals surface area (Å²) in [6, 6.07) is 2.04. The van der Waals surface area contributed by atoms with Crippen LogP contribution in [0.3, 0.4) is 0 Å². The molecule has 1 amide bonds. The minimum atomic E-state index is -0.479. The number of hydrogen-bond acceptors (Lipinski definition) is 3. The van der Waals surface area contributed by atoms with Crippen LogP contribution in [0, 0.1) is 6.92 Å². The van der Waals surface area contributed by atoms with Crippen molar-refractivity contribution in [2.75, 3.05) is 6.54 Å². The maximum absolute atomic E-state index is 12.4. The Labute approximate surface area is 131 Å². The molecule has 21 heavy (non-hydrogen) atoms. The van der Waals surface area contributed by atoms with Crippen molar-refractivity contribution in [1.29, 1.82) is 0 Å². The van der Waals surface area contributed by atoms with Gasteiger partial charge in [-0.15, -0.1) is 0 Å². The molecule has 0 aliphatic carbocycles. The van der Waals surface area contributed by atoms with Gasteiger partial charge in [0.2, 0.25) is 0 Å². The minimum absolute atomic E-state index is 0.0251. The predicted octanol–water partition coefficient (Wildman–Crippen LogP) is 4.51. The van der Waals surface area contributed by atoms with Crippen LogP contribution in [0.25, 0.3) is 0 Å². The highest BCUT2D eigenvalue weighted by atomic mass is 35.5. The van der Waals surface area contributed by atoms with Gasteiger partial charge in [0.25, 0.3) is 0 Å². The average Bonchev–Trinajstić information content (AvgIpc) is 2.40. The lowest BCUT2D eigenvalue weighted by Crippen LogP contribution is -2.41. The highest BCUT2D eigenvalue weighted by molar-refractivity contribution is 6.30. The fraction of sp³-hybridized carbons (Fsp3) is 0.625. The van der Waals surface area contributed by atoms with Crippen molar-refractivity contribution >= 4 is 17.7 Å². The van der Waals surface area contributed by atoms with Crippen molar-refractivity contribution in [3.05, 3.63) is 28.5 Å². The zero-order chi connectivity index (χ0) is 15.6. The largest absolute Gasteiger partial charge is 0.444 e. The van der Waals surface area contributed by atoms with Gasteiger partial charge in [-0.1, -0.05) is 11.6 Å². The summed E-state index contributed by atoms with van der Waals surface area (Å²) in [6.45, 7) is 8.31. The third-order valence-corrected chi connectivity index (χ3v) is 3.95. The molecule has 2 heterocycles. The number of amides is 1. The van der Waals surface area contributed by atoms with Gasteiger partial charge in [0.05, 0.1) is 6.04 Å². The second kappa shape index (κ2) is 6.22. The van der Waals surface area contributed by atoms with Gasteiger partial charge in [-0.25, -0.2) is 9.78 Å². The Balaban J connectivity index is 2.22. The van der Waals surface area contributed by atoms with Crippen molar-refractivity contribution in [3.63, 3.8) is 0 Å². The molecule has 0 spiro atoms. The van der Waals surface area contributed by atoms with Gasteiger partial charge in [-0.3, -0.25) is 0 Å². The van der Waals surface area contributed by atoms with E-state index in [0.717, 1.165) is 36.9 Å². The molecule has 0 N–H and O–H groups in total. The van der Waals surface area contributed by atoms with Crippen LogP contribution in [0.15, 0.2) is 12.3 Å². The van der Waals surface area contributed by atoms with Crippen LogP contribution < -0.4 is 0 Å². The first-order chi connectivity index (χ1) is 9.78. The number of aryl methyl sites for hydroxylation is 1. The lowest BCUT2D eigenvalue weighted by molar-refractivity contribution is 0.00947. The summed E-state index contributed by atoms with van der Waals surface area (Å²) >= 11 is 5.99. The number of carbonyl (C=O) groups is 1. The van der Waals surface area contributed by atoms with Gasteiger partial charge in [0, 0.05) is 12.7 Å². The normalized spacial score (nSPS) is 19.5. The SMILES string of the molecule is Cc1cc([C@H]2CCCCN2C(=O)OC(C)(C)C)cnc1Cl. The van der Waals surface area contributed by atoms with Crippen LogP contribution >= 0.6 is 11.6 Å². The summed E-state index contributed by atoms with van der Waals surface area (Å²) in [5.41, 5.74) is 1.49. The molecule has 116 valence electrons. The molecule has 1 atom stereocenters. The Hall–Kier alpha value is -1.29. The van der Waals surface area contributed by atoms with Crippen LogP contribution in [0.4, 0.5) is 4.79 Å². The maximum Gasteiger partial charge on any atom is 0.410 e. The first kappa shape index (κ1) is 16.1. The van der Waals surface area contributed by atoms with Gasteiger partial charge < -0.3 is 9.64 Å². The molecule has 1 fully saturated rings. The van der Waals surface area contributed by atoms with Gasteiger partial charge in [-0.2, -0.15) is 0 Å². The standard InChI is InChI=1S/C16H23ClN2O2/c1-11-9-12(10-18-14(11)17)13-7-5-6-8-19(13)15(20)21-16(2,3)4/h9-10,13H,5-8H2,1-4H3/t13-/m1/s1. The number of nitrogens with zero attached hydrogens (tertiary/aromatic N) is 2. The van der Waals surface area contributed by atoms with E-state index < -0.39 is 5.60 Å². The number of carbonyl (C=O) groups excluding carboxylic acids is 1. The molecule has 0 bridgehead atoms. The quantitative estimate of drug-likeness (QED) is 0.717. The molecule has 1 aliphatic rings. The minimum Gasteiger partial charge on any atom is -0.444 e. The van der Waals surface area contributed by atoms with Crippen LogP contribution in [-0.2, 0) is 4.74 Å². The third kappa shape index (κ3) is 4.10. The van der Waals surface area contributed by atoms with Crippen LogP contribution in [0.2, 0.25) is 5.15 Å². The number of ether oxygens (including phenoxy) is 1. The topological polar surface area (TPSA) is 42.4 Å². The smallest absolute Gasteiger partial charge is 0.410 e. The average molecular weight is 311 g/mol. The van der Waals surface area contributed by atoms with Gasteiger partial charge >= 0.3 is 6.09 Å². The van der Waals surface area contributed by atoms with E-state index in [1.54, 1.807) is 6.20 Å². The Morgan fingerprint density at radius 2 is 2.14 bits per heavy atom. The second-order valence-electron chi connectivity index (χ2n) is 6.56. The third-order valence-electron chi connectivity index (χ3n) is 3.55. The van der Waals surface area contributed by atoms with Gasteiger partial charge in [0.1, 0.15) is 10.8 Å². The summed E-state index contributed by atoms with van der Waals surface area (Å²) < 4.78 is 5.52. The number of pyridine rings is 1. The molecule has 2 rings (SSSR count). The molecule has 5 heteroatoms. The van der Waals surface area contributed by atoms with Crippen molar-refractivity contribution < 1.29 is 9.53 Å². The van der Waals surface area contributed by atoms with Gasteiger partial charge in [-0.05, 0) is 64.2 Å². The molecule has 1 aliphatic heterocycles. The Bertz CT molecular complexity index is 525. The summed E-state index contributed by atoms with van der Waals surface area (Å²) in [6.07, 6.45) is 4.56. The van der Waals surface area contributed by atoms with Crippen molar-refractivity contribution in [2.24, 2.45) is 0 Å². The molecule has 0 saturated carbocycles. The van der Waals surface area contributed by atoms with E-state index in [0.29, 0.717) is 5.15 Å². The molecule has 0 aromatic carbocycles. The van der Waals surface area contributed by atoms with Crippen LogP contribution in [0.5, 0.6) is 0 Å². The van der Waals surface area contributed by atoms with Crippen molar-refractivity contribution in [3.8, 4) is 0 Å². The summed E-state index contributed by atoms with van der Waals surface area (Å²) in [5.74, 6) is 0. The Morgan fingerprint density at radius 3 is 2.76 bits per heavy atom. The predicted molar refractivity (Wildman–Crippen MR) is 83.5 cm³/mol. The first-order valence-electron chi connectivity index (χ1n) is 7.39. The highest BCUT2D eigenvalue weighted by Gasteiger charge is 2.31. The summed E-state index contributed by atoms with van der Waals surface area (Å²) in [5, 5.41) is 0.512. The van der Waals surface area contributed by atoms with Crippen LogP contribution in [-0.4, -0.2) is 28.1 Å². The Kier molecular flexibility index (Phi) is 4.77. The lowest BCUT2D eigenvalue weighted by Gasteiger charge is -2.37. The Morgan fingerprint density at radius 1 is 1.43 bits per heavy atom. The molecule has 0 unspecified atom stereocenters. The number of halogens is 1. The number of rotatable bonds is 1. The first-order valence-corrected chi connectivity index (χ1v) is 7.77.